The summed E-state index contributed by atoms with van der Waals surface area (Å²) in [6.45, 7) is 9.48. The van der Waals surface area contributed by atoms with Crippen LogP contribution in [0.3, 0.4) is 0 Å². The molecule has 0 bridgehead atoms. The zero-order chi connectivity index (χ0) is 18.2. The average Bonchev–Trinajstić information content (AvgIpc) is 3.10. The number of hydrogen-bond donors (Lipinski definition) is 0. The highest BCUT2D eigenvalue weighted by Crippen LogP contribution is 2.26. The lowest BCUT2D eigenvalue weighted by molar-refractivity contribution is 0.0275. The summed E-state index contributed by atoms with van der Waals surface area (Å²) >= 11 is 2.18. The SMILES string of the molecule is CCn1c(I)nc2c(OC3CCN(C(=O)OC(C)(C)C)C3)ncnc21. The molecule has 1 fully saturated rings. The van der Waals surface area contributed by atoms with Crippen LogP contribution >= 0.6 is 22.6 Å². The van der Waals surface area contributed by atoms with Gasteiger partial charge in [0, 0.05) is 42.1 Å². The van der Waals surface area contributed by atoms with Gasteiger partial charge in [0.1, 0.15) is 18.0 Å². The van der Waals surface area contributed by atoms with E-state index in [9.17, 15) is 4.79 Å². The first kappa shape index (κ1) is 18.2. The third-order valence-corrected chi connectivity index (χ3v) is 4.67. The van der Waals surface area contributed by atoms with Crippen LogP contribution in [0.5, 0.6) is 5.88 Å². The van der Waals surface area contributed by atoms with Gasteiger partial charge in [-0.2, -0.15) is 4.98 Å². The highest BCUT2D eigenvalue weighted by molar-refractivity contribution is 14.1. The fourth-order valence-corrected chi connectivity index (χ4v) is 3.54. The molecule has 1 saturated heterocycles. The van der Waals surface area contributed by atoms with E-state index in [0.717, 1.165) is 22.4 Å². The minimum absolute atomic E-state index is 0.130. The van der Waals surface area contributed by atoms with E-state index in [0.29, 0.717) is 24.5 Å². The Labute approximate surface area is 160 Å². The van der Waals surface area contributed by atoms with Crippen LogP contribution in [0.2, 0.25) is 0 Å². The summed E-state index contributed by atoms with van der Waals surface area (Å²) in [5.41, 5.74) is 0.918. The van der Waals surface area contributed by atoms with E-state index in [1.165, 1.54) is 6.33 Å². The van der Waals surface area contributed by atoms with E-state index >= 15 is 0 Å². The van der Waals surface area contributed by atoms with Gasteiger partial charge in [-0.3, -0.25) is 0 Å². The Hall–Kier alpha value is -1.65. The summed E-state index contributed by atoms with van der Waals surface area (Å²) in [4.78, 5) is 26.9. The molecule has 3 rings (SSSR count). The Kier molecular flexibility index (Phi) is 5.03. The molecule has 3 heterocycles. The number of ether oxygens (including phenoxy) is 2. The van der Waals surface area contributed by atoms with Gasteiger partial charge in [0.25, 0.3) is 0 Å². The van der Waals surface area contributed by atoms with Gasteiger partial charge in [0.2, 0.25) is 5.88 Å². The maximum Gasteiger partial charge on any atom is 0.410 e. The van der Waals surface area contributed by atoms with Crippen molar-refractivity contribution in [3.8, 4) is 5.88 Å². The van der Waals surface area contributed by atoms with Crippen molar-refractivity contribution in [2.45, 2.75) is 52.4 Å². The van der Waals surface area contributed by atoms with Crippen molar-refractivity contribution in [3.63, 3.8) is 0 Å². The molecular weight excluding hydrogens is 437 g/mol. The van der Waals surface area contributed by atoms with E-state index in [1.807, 2.05) is 32.3 Å². The van der Waals surface area contributed by atoms with Gasteiger partial charge < -0.3 is 18.9 Å². The van der Waals surface area contributed by atoms with Crippen LogP contribution in [0.25, 0.3) is 11.2 Å². The average molecular weight is 459 g/mol. The minimum atomic E-state index is -0.501. The van der Waals surface area contributed by atoms with Crippen LogP contribution < -0.4 is 4.74 Å². The largest absolute Gasteiger partial charge is 0.471 e. The molecule has 2 aromatic rings. The lowest BCUT2D eigenvalue weighted by Gasteiger charge is -2.24. The second-order valence-electron chi connectivity index (χ2n) is 6.93. The van der Waals surface area contributed by atoms with Crippen LogP contribution in [-0.2, 0) is 11.3 Å². The van der Waals surface area contributed by atoms with Crippen LogP contribution in [0.15, 0.2) is 6.33 Å². The molecule has 1 aliphatic rings. The summed E-state index contributed by atoms with van der Waals surface area (Å²) in [5, 5.41) is 0. The van der Waals surface area contributed by atoms with Crippen LogP contribution in [0.1, 0.15) is 34.1 Å². The number of carbonyl (C=O) groups is 1. The van der Waals surface area contributed by atoms with Crippen molar-refractivity contribution >= 4 is 39.8 Å². The zero-order valence-electron chi connectivity index (χ0n) is 14.8. The molecule has 8 nitrogen and oxygen atoms in total. The maximum atomic E-state index is 12.2. The number of imidazole rings is 1. The number of fused-ring (bicyclic) bond motifs is 1. The summed E-state index contributed by atoms with van der Waals surface area (Å²) in [6.07, 6.45) is 1.78. The molecule has 0 N–H and O–H groups in total. The first-order valence-corrected chi connectivity index (χ1v) is 9.37. The number of carbonyl (C=O) groups excluding carboxylic acids is 1. The molecule has 25 heavy (non-hydrogen) atoms. The van der Waals surface area contributed by atoms with Crippen molar-refractivity contribution in [3.05, 3.63) is 10.2 Å². The number of hydrogen-bond acceptors (Lipinski definition) is 6. The minimum Gasteiger partial charge on any atom is -0.471 e. The van der Waals surface area contributed by atoms with E-state index in [4.69, 9.17) is 9.47 Å². The fourth-order valence-electron chi connectivity index (χ4n) is 2.73. The highest BCUT2D eigenvalue weighted by Gasteiger charge is 2.31. The molecule has 0 aliphatic carbocycles. The zero-order valence-corrected chi connectivity index (χ0v) is 17.0. The van der Waals surface area contributed by atoms with E-state index < -0.39 is 5.60 Å². The quantitative estimate of drug-likeness (QED) is 0.519. The maximum absolute atomic E-state index is 12.2. The second kappa shape index (κ2) is 6.93. The van der Waals surface area contributed by atoms with Crippen molar-refractivity contribution in [1.29, 1.82) is 0 Å². The van der Waals surface area contributed by atoms with Gasteiger partial charge in [-0.15, -0.1) is 0 Å². The molecule has 0 saturated carbocycles. The van der Waals surface area contributed by atoms with Crippen LogP contribution in [0.4, 0.5) is 4.79 Å². The van der Waals surface area contributed by atoms with Crippen molar-refractivity contribution < 1.29 is 14.3 Å². The second-order valence-corrected chi connectivity index (χ2v) is 7.90. The molecule has 1 atom stereocenters. The van der Waals surface area contributed by atoms with Gasteiger partial charge in [-0.25, -0.2) is 14.8 Å². The predicted molar refractivity (Wildman–Crippen MR) is 101 cm³/mol. The first-order valence-electron chi connectivity index (χ1n) is 8.30. The van der Waals surface area contributed by atoms with Crippen molar-refractivity contribution in [1.82, 2.24) is 24.4 Å². The van der Waals surface area contributed by atoms with Crippen LogP contribution in [0, 0.1) is 3.83 Å². The van der Waals surface area contributed by atoms with Gasteiger partial charge in [0.05, 0.1) is 6.54 Å². The van der Waals surface area contributed by atoms with Crippen LogP contribution in [-0.4, -0.2) is 55.3 Å². The monoisotopic (exact) mass is 459 g/mol. The Morgan fingerprint density at radius 3 is 2.84 bits per heavy atom. The topological polar surface area (TPSA) is 82.4 Å². The van der Waals surface area contributed by atoms with E-state index in [2.05, 4.69) is 37.5 Å². The molecule has 1 aliphatic heterocycles. The summed E-state index contributed by atoms with van der Waals surface area (Å²) in [7, 11) is 0. The molecule has 0 aromatic carbocycles. The molecule has 0 spiro atoms. The molecule has 1 unspecified atom stereocenters. The van der Waals surface area contributed by atoms with Gasteiger partial charge in [-0.1, -0.05) is 0 Å². The number of rotatable bonds is 3. The number of nitrogens with zero attached hydrogens (tertiary/aromatic N) is 5. The number of aryl methyl sites for hydroxylation is 1. The fraction of sp³-hybridized carbons (Fsp3) is 0.625. The Morgan fingerprint density at radius 2 is 2.16 bits per heavy atom. The molecular formula is C16H22IN5O3. The molecule has 9 heteroatoms. The van der Waals surface area contributed by atoms with Gasteiger partial charge >= 0.3 is 6.09 Å². The molecule has 2 aromatic heterocycles. The molecule has 136 valence electrons. The number of aromatic nitrogens is 4. The Balaban J connectivity index is 1.72. The lowest BCUT2D eigenvalue weighted by atomic mass is 10.2. The van der Waals surface area contributed by atoms with E-state index in [-0.39, 0.29) is 12.2 Å². The summed E-state index contributed by atoms with van der Waals surface area (Å²) < 4.78 is 14.3. The summed E-state index contributed by atoms with van der Waals surface area (Å²) in [5.74, 6) is 0.464. The smallest absolute Gasteiger partial charge is 0.410 e. The summed E-state index contributed by atoms with van der Waals surface area (Å²) in [6, 6.07) is 0. The number of amides is 1. The molecule has 0 radical (unpaired) electrons. The highest BCUT2D eigenvalue weighted by atomic mass is 127. The Bertz CT molecular complexity index is 786. The third kappa shape index (κ3) is 3.96. The first-order chi connectivity index (χ1) is 11.8. The third-order valence-electron chi connectivity index (χ3n) is 3.84. The van der Waals surface area contributed by atoms with Gasteiger partial charge in [-0.05, 0) is 27.7 Å². The van der Waals surface area contributed by atoms with Crippen molar-refractivity contribution in [2.75, 3.05) is 13.1 Å². The number of likely N-dealkylation sites (tertiary alicyclic amines) is 1. The standard InChI is InChI=1S/C16H22IN5O3/c1-5-22-12-11(20-14(22)17)13(19-9-18-12)24-10-6-7-21(8-10)15(23)25-16(2,3)4/h9-10H,5-8H2,1-4H3. The van der Waals surface area contributed by atoms with Gasteiger partial charge in [0.15, 0.2) is 15.0 Å². The molecule has 1 amide bonds. The number of halogens is 1. The lowest BCUT2D eigenvalue weighted by Crippen LogP contribution is -2.36. The normalized spacial score (nSPS) is 18.0. The Morgan fingerprint density at radius 1 is 1.40 bits per heavy atom. The predicted octanol–water partition coefficient (Wildman–Crippen LogP) is 2.84. The van der Waals surface area contributed by atoms with E-state index in [1.54, 1.807) is 4.90 Å². The van der Waals surface area contributed by atoms with Crippen molar-refractivity contribution in [2.24, 2.45) is 0 Å².